The number of carbonyl (C=O) groups is 1. The summed E-state index contributed by atoms with van der Waals surface area (Å²) in [6, 6.07) is 37.7. The molecule has 0 unspecified atom stereocenters. The van der Waals surface area contributed by atoms with Gasteiger partial charge in [-0.2, -0.15) is 0 Å². The van der Waals surface area contributed by atoms with E-state index in [1.54, 1.807) is 24.3 Å². The maximum absolute atomic E-state index is 13.0. The van der Waals surface area contributed by atoms with Gasteiger partial charge in [0.2, 0.25) is 10.0 Å². The number of fused-ring (bicyclic) bond motifs is 3. The van der Waals surface area contributed by atoms with Crippen molar-refractivity contribution in [2.75, 3.05) is 15.9 Å². The van der Waals surface area contributed by atoms with Crippen LogP contribution in [0, 0.1) is 0 Å². The van der Waals surface area contributed by atoms with Crippen LogP contribution in [0.1, 0.15) is 15.9 Å². The largest absolute Gasteiger partial charge is 0.456 e. The number of sulfonamides is 1. The smallest absolute Gasteiger partial charge is 0.255 e. The van der Waals surface area contributed by atoms with Crippen molar-refractivity contribution in [1.82, 2.24) is 0 Å². The lowest BCUT2D eigenvalue weighted by atomic mass is 10.1. The number of hydrogen-bond acceptors (Lipinski definition) is 5. The molecule has 0 bridgehead atoms. The predicted molar refractivity (Wildman–Crippen MR) is 166 cm³/mol. The Hall–Kier alpha value is -4.53. The van der Waals surface area contributed by atoms with E-state index >= 15 is 0 Å². The molecule has 204 valence electrons. The maximum atomic E-state index is 13.0. The third-order valence-electron chi connectivity index (χ3n) is 6.68. The molecule has 0 radical (unpaired) electrons. The van der Waals surface area contributed by atoms with Crippen molar-refractivity contribution in [2.24, 2.45) is 0 Å². The molecular formula is C33H26N2O4S2. The number of hydrogen-bond donors (Lipinski definition) is 1. The van der Waals surface area contributed by atoms with Crippen LogP contribution in [-0.4, -0.2) is 20.6 Å². The Kier molecular flexibility index (Phi) is 7.26. The van der Waals surface area contributed by atoms with Crippen molar-refractivity contribution in [3.63, 3.8) is 0 Å². The number of nitrogens with one attached hydrogen (secondary N) is 1. The summed E-state index contributed by atoms with van der Waals surface area (Å²) < 4.78 is 33.2. The quantitative estimate of drug-likeness (QED) is 0.198. The Labute approximate surface area is 242 Å². The van der Waals surface area contributed by atoms with E-state index in [0.29, 0.717) is 22.5 Å². The van der Waals surface area contributed by atoms with E-state index in [2.05, 4.69) is 5.32 Å². The van der Waals surface area contributed by atoms with E-state index in [1.165, 1.54) is 22.3 Å². The third kappa shape index (κ3) is 5.84. The maximum Gasteiger partial charge on any atom is 0.255 e. The van der Waals surface area contributed by atoms with E-state index in [-0.39, 0.29) is 12.5 Å². The van der Waals surface area contributed by atoms with E-state index in [4.69, 9.17) is 4.42 Å². The van der Waals surface area contributed by atoms with Gasteiger partial charge in [0, 0.05) is 37.9 Å². The Morgan fingerprint density at radius 2 is 1.46 bits per heavy atom. The molecule has 0 aliphatic heterocycles. The van der Waals surface area contributed by atoms with Gasteiger partial charge in [0.1, 0.15) is 11.2 Å². The molecule has 1 N–H and O–H groups in total. The number of nitrogens with zero attached hydrogens (tertiary/aromatic N) is 1. The summed E-state index contributed by atoms with van der Waals surface area (Å²) in [6.07, 6.45) is 1.21. The molecule has 1 aromatic heterocycles. The van der Waals surface area contributed by atoms with E-state index < -0.39 is 10.0 Å². The fraction of sp³-hybridized carbons (Fsp3) is 0.0606. The highest BCUT2D eigenvalue weighted by Crippen LogP contribution is 2.37. The van der Waals surface area contributed by atoms with Crippen molar-refractivity contribution in [1.29, 1.82) is 0 Å². The number of rotatable bonds is 8. The van der Waals surface area contributed by atoms with Gasteiger partial charge < -0.3 is 9.73 Å². The fourth-order valence-electron chi connectivity index (χ4n) is 4.68. The highest BCUT2D eigenvalue weighted by atomic mass is 32.2. The summed E-state index contributed by atoms with van der Waals surface area (Å²) in [5.74, 6) is -0.267. The zero-order chi connectivity index (χ0) is 28.4. The van der Waals surface area contributed by atoms with Gasteiger partial charge >= 0.3 is 0 Å². The molecular weight excluding hydrogens is 553 g/mol. The van der Waals surface area contributed by atoms with Gasteiger partial charge in [-0.15, -0.1) is 0 Å². The van der Waals surface area contributed by atoms with E-state index in [0.717, 1.165) is 31.7 Å². The van der Waals surface area contributed by atoms with Gasteiger partial charge in [-0.3, -0.25) is 9.10 Å². The van der Waals surface area contributed by atoms with E-state index in [9.17, 15) is 13.2 Å². The molecule has 0 aliphatic carbocycles. The predicted octanol–water partition coefficient (Wildman–Crippen LogP) is 7.96. The van der Waals surface area contributed by atoms with Crippen molar-refractivity contribution in [2.45, 2.75) is 16.3 Å². The van der Waals surface area contributed by atoms with Crippen molar-refractivity contribution < 1.29 is 17.6 Å². The van der Waals surface area contributed by atoms with Crippen LogP contribution < -0.4 is 9.62 Å². The van der Waals surface area contributed by atoms with Gasteiger partial charge in [-0.05, 0) is 60.2 Å². The second-order valence-corrected chi connectivity index (χ2v) is 12.6. The molecule has 6 rings (SSSR count). The fourth-order valence-corrected chi connectivity index (χ4v) is 6.61. The Morgan fingerprint density at radius 3 is 2.24 bits per heavy atom. The number of furan rings is 1. The lowest BCUT2D eigenvalue weighted by Crippen LogP contribution is -2.29. The second kappa shape index (κ2) is 11.2. The molecule has 8 heteroatoms. The minimum atomic E-state index is -3.59. The first kappa shape index (κ1) is 26.7. The van der Waals surface area contributed by atoms with Crippen LogP contribution in [0.4, 0.5) is 11.4 Å². The highest BCUT2D eigenvalue weighted by Gasteiger charge is 2.21. The minimum absolute atomic E-state index is 0.135. The molecule has 6 aromatic rings. The number of carbonyl (C=O) groups excluding carboxylic acids is 1. The molecule has 1 amide bonds. The summed E-state index contributed by atoms with van der Waals surface area (Å²) in [7, 11) is -3.59. The highest BCUT2D eigenvalue weighted by molar-refractivity contribution is 7.99. The van der Waals surface area contributed by atoms with Crippen molar-refractivity contribution in [3.8, 4) is 0 Å². The molecule has 0 spiro atoms. The molecule has 6 nitrogen and oxygen atoms in total. The van der Waals surface area contributed by atoms with Crippen molar-refractivity contribution in [3.05, 3.63) is 132 Å². The van der Waals surface area contributed by atoms with Gasteiger partial charge in [0.15, 0.2) is 0 Å². The molecule has 0 saturated carbocycles. The summed E-state index contributed by atoms with van der Waals surface area (Å²) in [6.45, 7) is 0.135. The van der Waals surface area contributed by atoms with Crippen LogP contribution in [-0.2, 0) is 16.6 Å². The van der Waals surface area contributed by atoms with Gasteiger partial charge in [-0.25, -0.2) is 8.42 Å². The normalized spacial score (nSPS) is 11.5. The number of anilines is 2. The summed E-state index contributed by atoms with van der Waals surface area (Å²) in [4.78, 5) is 14.9. The van der Waals surface area contributed by atoms with Crippen LogP contribution in [0.25, 0.3) is 21.9 Å². The molecule has 5 aromatic carbocycles. The second-order valence-electron chi connectivity index (χ2n) is 9.61. The van der Waals surface area contributed by atoms with Crippen LogP contribution in [0.3, 0.4) is 0 Å². The minimum Gasteiger partial charge on any atom is -0.456 e. The lowest BCUT2D eigenvalue weighted by Gasteiger charge is -2.25. The summed E-state index contributed by atoms with van der Waals surface area (Å²) in [5.41, 5.74) is 3.95. The van der Waals surface area contributed by atoms with Crippen LogP contribution in [0.15, 0.2) is 136 Å². The SMILES string of the molecule is CS(=O)(=O)N(Cc1ccc(C(=O)Nc2ccc3c(c2)oc2ccccc23)cc1)c1ccccc1Sc1ccccc1. The number of benzene rings is 5. The van der Waals surface area contributed by atoms with Gasteiger partial charge in [-0.1, -0.05) is 72.4 Å². The van der Waals surface area contributed by atoms with Crippen molar-refractivity contribution >= 4 is 61.0 Å². The number of para-hydroxylation sites is 2. The Bertz CT molecular complexity index is 1970. The molecule has 0 saturated heterocycles. The van der Waals surface area contributed by atoms with Crippen LogP contribution >= 0.6 is 11.8 Å². The van der Waals surface area contributed by atoms with Crippen LogP contribution in [0.2, 0.25) is 0 Å². The first-order valence-electron chi connectivity index (χ1n) is 13.0. The van der Waals surface area contributed by atoms with E-state index in [1.807, 2.05) is 97.1 Å². The zero-order valence-electron chi connectivity index (χ0n) is 22.2. The average molecular weight is 579 g/mol. The number of amides is 1. The lowest BCUT2D eigenvalue weighted by molar-refractivity contribution is 0.102. The Morgan fingerprint density at radius 1 is 0.780 bits per heavy atom. The molecule has 1 heterocycles. The summed E-state index contributed by atoms with van der Waals surface area (Å²) >= 11 is 1.51. The van der Waals surface area contributed by atoms with Crippen LogP contribution in [0.5, 0.6) is 0 Å². The first-order chi connectivity index (χ1) is 19.8. The molecule has 0 fully saturated rings. The first-order valence-corrected chi connectivity index (χ1v) is 15.6. The zero-order valence-corrected chi connectivity index (χ0v) is 23.8. The van der Waals surface area contributed by atoms with Gasteiger partial charge in [0.05, 0.1) is 18.5 Å². The third-order valence-corrected chi connectivity index (χ3v) is 8.88. The monoisotopic (exact) mass is 578 g/mol. The standard InChI is InChI=1S/C33H26N2O4S2/c1-41(37,38)35(29-12-6-8-14-32(29)40-26-9-3-2-4-10-26)22-23-15-17-24(18-16-23)33(36)34-25-19-20-28-27-11-5-7-13-30(27)39-31(28)21-25/h2-21H,22H2,1H3,(H,34,36). The Balaban J connectivity index is 1.20. The molecule has 0 aliphatic rings. The average Bonchev–Trinajstić information content (AvgIpc) is 3.34. The molecule has 0 atom stereocenters. The summed E-state index contributed by atoms with van der Waals surface area (Å²) in [5, 5.41) is 4.94. The van der Waals surface area contributed by atoms with Gasteiger partial charge in [0.25, 0.3) is 5.91 Å². The topological polar surface area (TPSA) is 79.6 Å². The molecule has 41 heavy (non-hydrogen) atoms.